The predicted molar refractivity (Wildman–Crippen MR) is 73.6 cm³/mol. The van der Waals surface area contributed by atoms with Crippen LogP contribution < -0.4 is 5.32 Å². The molecule has 0 aromatic heterocycles. The lowest BCUT2D eigenvalue weighted by molar-refractivity contribution is 0.192. The van der Waals surface area contributed by atoms with E-state index >= 15 is 0 Å². The van der Waals surface area contributed by atoms with Gasteiger partial charge < -0.3 is 10.1 Å². The molecular weight excluding hydrogens is 253 g/mol. The Labute approximate surface area is 113 Å². The number of nitrogens with one attached hydrogen (secondary N) is 1. The van der Waals surface area contributed by atoms with E-state index in [0.717, 1.165) is 18.5 Å². The summed E-state index contributed by atoms with van der Waals surface area (Å²) in [5.74, 6) is 0.0301. The average Bonchev–Trinajstić information content (AvgIpc) is 2.35. The Kier molecular flexibility index (Phi) is 6.61. The van der Waals surface area contributed by atoms with Crippen LogP contribution >= 0.6 is 11.6 Å². The van der Waals surface area contributed by atoms with Gasteiger partial charge in [0.15, 0.2) is 0 Å². The van der Waals surface area contributed by atoms with Crippen LogP contribution in [0.1, 0.15) is 19.4 Å². The maximum Gasteiger partial charge on any atom is 0.142 e. The summed E-state index contributed by atoms with van der Waals surface area (Å²) in [6, 6.07) is 5.30. The van der Waals surface area contributed by atoms with Gasteiger partial charge in [0.05, 0.1) is 11.6 Å². The lowest BCUT2D eigenvalue weighted by Crippen LogP contribution is -2.35. The SMILES string of the molecule is COCCNC(C)C(C)Cc1cccc(F)c1Cl. The van der Waals surface area contributed by atoms with Crippen molar-refractivity contribution in [2.45, 2.75) is 26.3 Å². The van der Waals surface area contributed by atoms with Crippen molar-refractivity contribution in [1.82, 2.24) is 5.32 Å². The van der Waals surface area contributed by atoms with Gasteiger partial charge in [0, 0.05) is 19.7 Å². The Hall–Kier alpha value is -0.640. The third-order valence-electron chi connectivity index (χ3n) is 3.20. The first-order valence-electron chi connectivity index (χ1n) is 6.21. The number of ether oxygens (including phenoxy) is 1. The zero-order valence-corrected chi connectivity index (χ0v) is 11.9. The summed E-state index contributed by atoms with van der Waals surface area (Å²) in [5, 5.41) is 3.62. The fourth-order valence-corrected chi connectivity index (χ4v) is 2.02. The van der Waals surface area contributed by atoms with E-state index in [4.69, 9.17) is 16.3 Å². The van der Waals surface area contributed by atoms with Gasteiger partial charge in [-0.2, -0.15) is 0 Å². The first-order chi connectivity index (χ1) is 8.56. The molecule has 2 unspecified atom stereocenters. The number of rotatable bonds is 7. The smallest absolute Gasteiger partial charge is 0.142 e. The zero-order chi connectivity index (χ0) is 13.5. The lowest BCUT2D eigenvalue weighted by Gasteiger charge is -2.21. The van der Waals surface area contributed by atoms with Crippen LogP contribution in [-0.2, 0) is 11.2 Å². The summed E-state index contributed by atoms with van der Waals surface area (Å²) in [6.45, 7) is 5.76. The van der Waals surface area contributed by atoms with Crippen LogP contribution in [0.15, 0.2) is 18.2 Å². The van der Waals surface area contributed by atoms with E-state index in [2.05, 4.69) is 19.2 Å². The zero-order valence-electron chi connectivity index (χ0n) is 11.2. The van der Waals surface area contributed by atoms with Crippen molar-refractivity contribution in [3.8, 4) is 0 Å². The Morgan fingerprint density at radius 1 is 1.39 bits per heavy atom. The molecule has 18 heavy (non-hydrogen) atoms. The molecule has 2 atom stereocenters. The predicted octanol–water partition coefficient (Wildman–Crippen LogP) is 3.28. The van der Waals surface area contributed by atoms with Gasteiger partial charge in [-0.25, -0.2) is 4.39 Å². The summed E-state index contributed by atoms with van der Waals surface area (Å²) in [6.07, 6.45) is 0.762. The molecule has 1 rings (SSSR count). The molecular formula is C14H21ClFNO. The molecule has 2 nitrogen and oxygen atoms in total. The molecule has 0 bridgehead atoms. The molecule has 0 saturated heterocycles. The Morgan fingerprint density at radius 2 is 2.11 bits per heavy atom. The minimum Gasteiger partial charge on any atom is -0.383 e. The fourth-order valence-electron chi connectivity index (χ4n) is 1.82. The second-order valence-electron chi connectivity index (χ2n) is 4.63. The quantitative estimate of drug-likeness (QED) is 0.770. The highest BCUT2D eigenvalue weighted by atomic mass is 35.5. The minimum absolute atomic E-state index is 0.244. The van der Waals surface area contributed by atoms with Crippen molar-refractivity contribution in [1.29, 1.82) is 0 Å². The second-order valence-corrected chi connectivity index (χ2v) is 5.01. The third kappa shape index (κ3) is 4.56. The van der Waals surface area contributed by atoms with Gasteiger partial charge in [0.25, 0.3) is 0 Å². The molecule has 0 heterocycles. The van der Waals surface area contributed by atoms with E-state index < -0.39 is 0 Å². The van der Waals surface area contributed by atoms with Crippen LogP contribution in [0, 0.1) is 11.7 Å². The van der Waals surface area contributed by atoms with Crippen LogP contribution in [0.5, 0.6) is 0 Å². The summed E-state index contributed by atoms with van der Waals surface area (Å²) >= 11 is 5.95. The molecule has 102 valence electrons. The van der Waals surface area contributed by atoms with Crippen LogP contribution in [0.4, 0.5) is 4.39 Å². The molecule has 0 spiro atoms. The molecule has 1 aromatic rings. The van der Waals surface area contributed by atoms with E-state index in [1.54, 1.807) is 13.2 Å². The van der Waals surface area contributed by atoms with Gasteiger partial charge in [-0.05, 0) is 30.9 Å². The van der Waals surface area contributed by atoms with Crippen molar-refractivity contribution in [2.24, 2.45) is 5.92 Å². The average molecular weight is 274 g/mol. The molecule has 0 radical (unpaired) electrons. The summed E-state index contributed by atoms with van der Waals surface area (Å²) in [7, 11) is 1.68. The number of methoxy groups -OCH3 is 1. The number of hydrogen-bond donors (Lipinski definition) is 1. The van der Waals surface area contributed by atoms with E-state index in [1.165, 1.54) is 6.07 Å². The second kappa shape index (κ2) is 7.72. The molecule has 0 aliphatic carbocycles. The summed E-state index contributed by atoms with van der Waals surface area (Å²) < 4.78 is 18.3. The van der Waals surface area contributed by atoms with Crippen molar-refractivity contribution < 1.29 is 9.13 Å². The summed E-state index contributed by atoms with van der Waals surface area (Å²) in [4.78, 5) is 0. The van der Waals surface area contributed by atoms with Crippen molar-refractivity contribution in [3.05, 3.63) is 34.6 Å². The first kappa shape index (κ1) is 15.4. The first-order valence-corrected chi connectivity index (χ1v) is 6.59. The maximum atomic E-state index is 13.3. The van der Waals surface area contributed by atoms with E-state index in [0.29, 0.717) is 18.6 Å². The fraction of sp³-hybridized carbons (Fsp3) is 0.571. The molecule has 0 aliphatic heterocycles. The normalized spacial score (nSPS) is 14.5. The van der Waals surface area contributed by atoms with E-state index in [9.17, 15) is 4.39 Å². The van der Waals surface area contributed by atoms with Crippen molar-refractivity contribution >= 4 is 11.6 Å². The molecule has 0 amide bonds. The number of halogens is 2. The van der Waals surface area contributed by atoms with Gasteiger partial charge in [-0.3, -0.25) is 0 Å². The monoisotopic (exact) mass is 273 g/mol. The van der Waals surface area contributed by atoms with Crippen molar-refractivity contribution in [3.63, 3.8) is 0 Å². The molecule has 4 heteroatoms. The van der Waals surface area contributed by atoms with Gasteiger partial charge in [0.2, 0.25) is 0 Å². The highest BCUT2D eigenvalue weighted by molar-refractivity contribution is 6.31. The Balaban J connectivity index is 2.53. The summed E-state index contributed by atoms with van der Waals surface area (Å²) in [5.41, 5.74) is 0.865. The molecule has 0 saturated carbocycles. The molecule has 1 N–H and O–H groups in total. The standard InChI is InChI=1S/C14H21ClFNO/c1-10(11(2)17-7-8-18-3)9-12-5-4-6-13(16)14(12)15/h4-6,10-11,17H,7-9H2,1-3H3. The van der Waals surface area contributed by atoms with Crippen LogP contribution in [0.3, 0.4) is 0 Å². The van der Waals surface area contributed by atoms with Gasteiger partial charge in [-0.15, -0.1) is 0 Å². The van der Waals surface area contributed by atoms with Crippen LogP contribution in [0.25, 0.3) is 0 Å². The molecule has 1 aromatic carbocycles. The van der Waals surface area contributed by atoms with Gasteiger partial charge >= 0.3 is 0 Å². The van der Waals surface area contributed by atoms with Gasteiger partial charge in [-0.1, -0.05) is 30.7 Å². The number of hydrogen-bond acceptors (Lipinski definition) is 2. The number of benzene rings is 1. The van der Waals surface area contributed by atoms with E-state index in [-0.39, 0.29) is 10.8 Å². The largest absolute Gasteiger partial charge is 0.383 e. The highest BCUT2D eigenvalue weighted by Crippen LogP contribution is 2.23. The Bertz CT molecular complexity index is 373. The molecule has 0 fully saturated rings. The third-order valence-corrected chi connectivity index (χ3v) is 3.62. The van der Waals surface area contributed by atoms with Gasteiger partial charge in [0.1, 0.15) is 5.82 Å². The lowest BCUT2D eigenvalue weighted by atomic mass is 9.95. The van der Waals surface area contributed by atoms with E-state index in [1.807, 2.05) is 6.07 Å². The highest BCUT2D eigenvalue weighted by Gasteiger charge is 2.15. The minimum atomic E-state index is -0.346. The Morgan fingerprint density at radius 3 is 2.78 bits per heavy atom. The maximum absolute atomic E-state index is 13.3. The molecule has 0 aliphatic rings. The van der Waals surface area contributed by atoms with Crippen molar-refractivity contribution in [2.75, 3.05) is 20.3 Å². The topological polar surface area (TPSA) is 21.3 Å². The van der Waals surface area contributed by atoms with Crippen LogP contribution in [-0.4, -0.2) is 26.3 Å². The van der Waals surface area contributed by atoms with Crippen LogP contribution in [0.2, 0.25) is 5.02 Å².